The Bertz CT molecular complexity index is 406. The summed E-state index contributed by atoms with van der Waals surface area (Å²) < 4.78 is 1.48. The Kier molecular flexibility index (Phi) is 3.21. The van der Waals surface area contributed by atoms with Gasteiger partial charge in [0.25, 0.3) is 0 Å². The summed E-state index contributed by atoms with van der Waals surface area (Å²) in [5, 5.41) is 1.29. The van der Waals surface area contributed by atoms with Crippen LogP contribution in [0.15, 0.2) is 30.3 Å². The first-order valence-corrected chi connectivity index (χ1v) is 8.37. The third-order valence-corrected chi connectivity index (χ3v) is 6.35. The van der Waals surface area contributed by atoms with Crippen molar-refractivity contribution < 1.29 is 4.79 Å². The molecule has 2 unspecified atom stereocenters. The van der Waals surface area contributed by atoms with E-state index in [1.807, 2.05) is 0 Å². The van der Waals surface area contributed by atoms with E-state index in [1.165, 1.54) is 16.2 Å². The molecule has 2 nitrogen and oxygen atoms in total. The van der Waals surface area contributed by atoms with Crippen LogP contribution in [-0.2, 0) is 4.79 Å². The van der Waals surface area contributed by atoms with E-state index in [1.54, 1.807) is 0 Å². The molecule has 0 aromatic heterocycles. The fraction of sp³-hybridized carbons (Fsp3) is 0.500. The van der Waals surface area contributed by atoms with Crippen LogP contribution in [-0.4, -0.2) is 38.4 Å². The van der Waals surface area contributed by atoms with Gasteiger partial charge in [-0.2, -0.15) is 0 Å². The molecule has 1 aromatic rings. The van der Waals surface area contributed by atoms with E-state index in [0.717, 1.165) is 25.3 Å². The van der Waals surface area contributed by atoms with Crippen LogP contribution in [0.2, 0.25) is 5.32 Å². The van der Waals surface area contributed by atoms with Crippen LogP contribution in [0.3, 0.4) is 0 Å². The minimum atomic E-state index is 0.393. The molecule has 0 radical (unpaired) electrons. The average molecular weight is 294 g/mol. The van der Waals surface area contributed by atoms with E-state index in [4.69, 9.17) is 0 Å². The molecule has 2 atom stereocenters. The molecule has 2 aliphatic rings. The van der Waals surface area contributed by atoms with Crippen LogP contribution < -0.4 is 4.46 Å². The average Bonchev–Trinajstić information content (AvgIpc) is 2.91. The van der Waals surface area contributed by atoms with Crippen LogP contribution in [0, 0.1) is 5.92 Å². The van der Waals surface area contributed by atoms with Gasteiger partial charge in [0.2, 0.25) is 0 Å². The summed E-state index contributed by atoms with van der Waals surface area (Å²) in [7, 11) is 0. The van der Waals surface area contributed by atoms with Crippen molar-refractivity contribution in [3.05, 3.63) is 30.3 Å². The van der Waals surface area contributed by atoms with Gasteiger partial charge >= 0.3 is 108 Å². The number of benzene rings is 1. The Morgan fingerprint density at radius 3 is 2.88 bits per heavy atom. The molecule has 1 amide bonds. The molecule has 0 spiro atoms. The second-order valence-electron chi connectivity index (χ2n) is 4.96. The molecule has 3 rings (SSSR count). The van der Waals surface area contributed by atoms with Crippen LogP contribution in [0.1, 0.15) is 19.3 Å². The molecule has 17 heavy (non-hydrogen) atoms. The first kappa shape index (κ1) is 11.3. The molecule has 1 aromatic carbocycles. The zero-order chi connectivity index (χ0) is 11.7. The number of fused-ring (bicyclic) bond motifs is 1. The van der Waals surface area contributed by atoms with Gasteiger partial charge < -0.3 is 0 Å². The van der Waals surface area contributed by atoms with E-state index in [9.17, 15) is 4.79 Å². The van der Waals surface area contributed by atoms with Crippen molar-refractivity contribution in [3.63, 3.8) is 0 Å². The first-order valence-electron chi connectivity index (χ1n) is 6.30. The second-order valence-corrected chi connectivity index (χ2v) is 7.26. The zero-order valence-corrected chi connectivity index (χ0v) is 11.6. The summed E-state index contributed by atoms with van der Waals surface area (Å²) in [6.45, 7) is 1.03. The van der Waals surface area contributed by atoms with Gasteiger partial charge in [-0.3, -0.25) is 0 Å². The van der Waals surface area contributed by atoms with Gasteiger partial charge in [-0.05, 0) is 0 Å². The Hall–Kier alpha value is -0.791. The van der Waals surface area contributed by atoms with E-state index in [2.05, 4.69) is 35.2 Å². The summed E-state index contributed by atoms with van der Waals surface area (Å²) in [6, 6.07) is 11.3. The number of hydrogen-bond donors (Lipinski definition) is 0. The van der Waals surface area contributed by atoms with Crippen molar-refractivity contribution in [2.24, 2.45) is 5.92 Å². The Labute approximate surface area is 109 Å². The van der Waals surface area contributed by atoms with Gasteiger partial charge in [-0.25, -0.2) is 0 Å². The zero-order valence-electron chi connectivity index (χ0n) is 9.84. The number of hydrogen-bond acceptors (Lipinski definition) is 1. The molecule has 0 bridgehead atoms. The van der Waals surface area contributed by atoms with Crippen molar-refractivity contribution in [1.82, 2.24) is 4.90 Å². The first-order chi connectivity index (χ1) is 8.33. The monoisotopic (exact) mass is 295 g/mol. The summed E-state index contributed by atoms with van der Waals surface area (Å²) >= 11 is 0.578. The van der Waals surface area contributed by atoms with Crippen LogP contribution in [0.5, 0.6) is 0 Å². The maximum atomic E-state index is 11.6. The van der Waals surface area contributed by atoms with E-state index < -0.39 is 0 Å². The maximum absolute atomic E-state index is 11.6. The minimum absolute atomic E-state index is 0.393. The molecule has 90 valence electrons. The van der Waals surface area contributed by atoms with Gasteiger partial charge in [0.05, 0.1) is 0 Å². The van der Waals surface area contributed by atoms with Crippen LogP contribution >= 0.6 is 0 Å². The number of nitrogens with zero attached hydrogens (tertiary/aromatic N) is 1. The molecule has 3 heteroatoms. The van der Waals surface area contributed by atoms with Gasteiger partial charge in [-0.15, -0.1) is 0 Å². The topological polar surface area (TPSA) is 20.3 Å². The summed E-state index contributed by atoms with van der Waals surface area (Å²) in [4.78, 5) is 13.7. The van der Waals surface area contributed by atoms with E-state index in [0.29, 0.717) is 26.9 Å². The predicted octanol–water partition coefficient (Wildman–Crippen LogP) is 1.45. The SMILES string of the molecule is O=C1CCC2CC(C[Se]c3ccccc3)CN12. The van der Waals surface area contributed by atoms with Gasteiger partial charge in [0.1, 0.15) is 0 Å². The van der Waals surface area contributed by atoms with Gasteiger partial charge in [-0.1, -0.05) is 0 Å². The molecular formula is C14H17NOSe. The Morgan fingerprint density at radius 2 is 2.12 bits per heavy atom. The predicted molar refractivity (Wildman–Crippen MR) is 69.5 cm³/mol. The molecule has 0 saturated carbocycles. The van der Waals surface area contributed by atoms with Crippen molar-refractivity contribution >= 4 is 25.3 Å². The van der Waals surface area contributed by atoms with Crippen LogP contribution in [0.25, 0.3) is 0 Å². The third kappa shape index (κ3) is 2.41. The molecule has 0 N–H and O–H groups in total. The van der Waals surface area contributed by atoms with Gasteiger partial charge in [0, 0.05) is 0 Å². The normalized spacial score (nSPS) is 27.5. The van der Waals surface area contributed by atoms with Crippen molar-refractivity contribution in [3.8, 4) is 0 Å². The fourth-order valence-corrected chi connectivity index (χ4v) is 5.02. The van der Waals surface area contributed by atoms with Gasteiger partial charge in [0.15, 0.2) is 0 Å². The Balaban J connectivity index is 1.53. The molecular weight excluding hydrogens is 277 g/mol. The number of amides is 1. The van der Waals surface area contributed by atoms with Crippen molar-refractivity contribution in [1.29, 1.82) is 0 Å². The van der Waals surface area contributed by atoms with Crippen molar-refractivity contribution in [2.45, 2.75) is 30.6 Å². The number of rotatable bonds is 3. The quantitative estimate of drug-likeness (QED) is 0.773. The van der Waals surface area contributed by atoms with Crippen LogP contribution in [0.4, 0.5) is 0 Å². The summed E-state index contributed by atoms with van der Waals surface area (Å²) in [5.41, 5.74) is 0. The Morgan fingerprint density at radius 1 is 1.29 bits per heavy atom. The molecule has 2 saturated heterocycles. The molecule has 2 fully saturated rings. The molecule has 2 aliphatic heterocycles. The molecule has 2 heterocycles. The van der Waals surface area contributed by atoms with Crippen molar-refractivity contribution in [2.75, 3.05) is 6.54 Å². The number of carbonyl (C=O) groups is 1. The number of carbonyl (C=O) groups excluding carboxylic acids is 1. The standard InChI is InChI=1S/C14H17NOSe/c16-14-7-6-12-8-11(9-15(12)14)10-17-13-4-2-1-3-5-13/h1-5,11-12H,6-10H2. The summed E-state index contributed by atoms with van der Waals surface area (Å²) in [6.07, 6.45) is 3.15. The van der Waals surface area contributed by atoms with E-state index >= 15 is 0 Å². The third-order valence-electron chi connectivity index (χ3n) is 3.74. The van der Waals surface area contributed by atoms with E-state index in [-0.39, 0.29) is 0 Å². The second kappa shape index (κ2) is 4.83. The fourth-order valence-electron chi connectivity index (χ4n) is 2.88. The summed E-state index contributed by atoms with van der Waals surface area (Å²) in [5.74, 6) is 1.15. The molecule has 0 aliphatic carbocycles.